The van der Waals surface area contributed by atoms with Crippen LogP contribution in [0.4, 0.5) is 5.69 Å². The quantitative estimate of drug-likeness (QED) is 0.827. The second-order valence-electron chi connectivity index (χ2n) is 3.94. The minimum absolute atomic E-state index is 0.284. The Balaban J connectivity index is 2.17. The van der Waals surface area contributed by atoms with E-state index in [1.807, 2.05) is 12.1 Å². The molecule has 4 heteroatoms. The average molecular weight is 225 g/mol. The van der Waals surface area contributed by atoms with E-state index in [4.69, 9.17) is 17.3 Å². The van der Waals surface area contributed by atoms with Crippen LogP contribution >= 0.6 is 11.6 Å². The molecule has 0 radical (unpaired) electrons. The van der Waals surface area contributed by atoms with Gasteiger partial charge in [0.05, 0.1) is 0 Å². The lowest BCUT2D eigenvalue weighted by Crippen LogP contribution is -2.55. The number of halogens is 1. The van der Waals surface area contributed by atoms with Crippen molar-refractivity contribution in [3.05, 3.63) is 29.3 Å². The molecule has 1 aromatic carbocycles. The molecule has 1 aliphatic carbocycles. The first-order valence-corrected chi connectivity index (χ1v) is 5.34. The van der Waals surface area contributed by atoms with Gasteiger partial charge in [-0.05, 0) is 37.5 Å². The number of rotatable bonds is 3. The van der Waals surface area contributed by atoms with E-state index in [1.165, 1.54) is 0 Å². The molecular weight excluding hydrogens is 212 g/mol. The third kappa shape index (κ3) is 1.92. The van der Waals surface area contributed by atoms with E-state index >= 15 is 0 Å². The number of benzene rings is 1. The summed E-state index contributed by atoms with van der Waals surface area (Å²) in [6, 6.07) is 7.32. The summed E-state index contributed by atoms with van der Waals surface area (Å²) < 4.78 is 0. The third-order valence-electron chi connectivity index (χ3n) is 2.89. The summed E-state index contributed by atoms with van der Waals surface area (Å²) in [4.78, 5) is 11.3. The second kappa shape index (κ2) is 3.74. The fourth-order valence-electron chi connectivity index (χ4n) is 1.81. The molecule has 0 unspecified atom stereocenters. The summed E-state index contributed by atoms with van der Waals surface area (Å²) in [5, 5.41) is 3.82. The van der Waals surface area contributed by atoms with Crippen molar-refractivity contribution in [3.8, 4) is 0 Å². The van der Waals surface area contributed by atoms with Crippen molar-refractivity contribution < 1.29 is 4.79 Å². The molecule has 3 N–H and O–H groups in total. The maximum absolute atomic E-state index is 11.3. The first kappa shape index (κ1) is 10.3. The first-order chi connectivity index (χ1) is 7.12. The Labute approximate surface area is 93.6 Å². The molecule has 1 saturated carbocycles. The van der Waals surface area contributed by atoms with E-state index in [0.29, 0.717) is 5.02 Å². The smallest absolute Gasteiger partial charge is 0.243 e. The van der Waals surface area contributed by atoms with Crippen molar-refractivity contribution >= 4 is 23.2 Å². The van der Waals surface area contributed by atoms with Gasteiger partial charge < -0.3 is 11.1 Å². The zero-order chi connectivity index (χ0) is 10.9. The number of carbonyl (C=O) groups excluding carboxylic acids is 1. The van der Waals surface area contributed by atoms with Crippen LogP contribution in [0.15, 0.2) is 24.3 Å². The highest BCUT2D eigenvalue weighted by molar-refractivity contribution is 6.30. The lowest BCUT2D eigenvalue weighted by molar-refractivity contribution is -0.124. The molecule has 1 fully saturated rings. The number of primary amides is 1. The zero-order valence-electron chi connectivity index (χ0n) is 8.29. The van der Waals surface area contributed by atoms with Crippen LogP contribution in [0.3, 0.4) is 0 Å². The van der Waals surface area contributed by atoms with Crippen LogP contribution in [0.5, 0.6) is 0 Å². The second-order valence-corrected chi connectivity index (χ2v) is 4.37. The Hall–Kier alpha value is -1.22. The molecule has 0 aromatic heterocycles. The normalized spacial score (nSPS) is 17.9. The Bertz CT molecular complexity index is 388. The minimum atomic E-state index is -0.551. The van der Waals surface area contributed by atoms with E-state index in [-0.39, 0.29) is 5.91 Å². The summed E-state index contributed by atoms with van der Waals surface area (Å²) in [6.45, 7) is 0. The average Bonchev–Trinajstić information content (AvgIpc) is 2.11. The number of nitrogens with two attached hydrogens (primary N) is 1. The zero-order valence-corrected chi connectivity index (χ0v) is 9.05. The lowest BCUT2D eigenvalue weighted by Gasteiger charge is -2.40. The molecule has 0 atom stereocenters. The largest absolute Gasteiger partial charge is 0.371 e. The predicted octanol–water partition coefficient (Wildman–Crippen LogP) is 2.16. The highest BCUT2D eigenvalue weighted by Crippen LogP contribution is 2.35. The van der Waals surface area contributed by atoms with Crippen LogP contribution < -0.4 is 11.1 Å². The summed E-state index contributed by atoms with van der Waals surface area (Å²) in [5.74, 6) is -0.284. The first-order valence-electron chi connectivity index (χ1n) is 4.96. The molecule has 0 bridgehead atoms. The molecule has 2 rings (SSSR count). The van der Waals surface area contributed by atoms with Gasteiger partial charge in [-0.3, -0.25) is 4.79 Å². The van der Waals surface area contributed by atoms with Crippen molar-refractivity contribution in [3.63, 3.8) is 0 Å². The van der Waals surface area contributed by atoms with Gasteiger partial charge in [0.2, 0.25) is 5.91 Å². The fraction of sp³-hybridized carbons (Fsp3) is 0.364. The topological polar surface area (TPSA) is 55.1 Å². The molecule has 80 valence electrons. The fourth-order valence-corrected chi connectivity index (χ4v) is 2.00. The van der Waals surface area contributed by atoms with Crippen molar-refractivity contribution in [1.82, 2.24) is 0 Å². The molecule has 1 amide bonds. The van der Waals surface area contributed by atoms with Gasteiger partial charge in [0.15, 0.2) is 0 Å². The summed E-state index contributed by atoms with van der Waals surface area (Å²) in [5.41, 5.74) is 5.68. The Morgan fingerprint density at radius 2 is 2.20 bits per heavy atom. The van der Waals surface area contributed by atoms with Crippen molar-refractivity contribution in [2.75, 3.05) is 5.32 Å². The van der Waals surface area contributed by atoms with E-state index in [9.17, 15) is 4.79 Å². The lowest BCUT2D eigenvalue weighted by atomic mass is 9.76. The highest BCUT2D eigenvalue weighted by atomic mass is 35.5. The van der Waals surface area contributed by atoms with Gasteiger partial charge in [0, 0.05) is 10.7 Å². The molecular formula is C11H13ClN2O. The monoisotopic (exact) mass is 224 g/mol. The van der Waals surface area contributed by atoms with Gasteiger partial charge in [-0.2, -0.15) is 0 Å². The number of amides is 1. The van der Waals surface area contributed by atoms with Crippen LogP contribution in [-0.4, -0.2) is 11.4 Å². The van der Waals surface area contributed by atoms with Crippen molar-refractivity contribution in [1.29, 1.82) is 0 Å². The predicted molar refractivity (Wildman–Crippen MR) is 60.9 cm³/mol. The number of hydrogen-bond donors (Lipinski definition) is 2. The van der Waals surface area contributed by atoms with Crippen LogP contribution in [0, 0.1) is 0 Å². The molecule has 0 heterocycles. The van der Waals surface area contributed by atoms with E-state index in [2.05, 4.69) is 5.32 Å². The standard InChI is InChI=1S/C11H13ClN2O/c12-8-3-1-4-9(7-8)14-11(10(13)15)5-2-6-11/h1,3-4,7,14H,2,5-6H2,(H2,13,15). The maximum atomic E-state index is 11.3. The SMILES string of the molecule is NC(=O)C1(Nc2cccc(Cl)c2)CCC1. The van der Waals surface area contributed by atoms with Gasteiger partial charge in [-0.15, -0.1) is 0 Å². The van der Waals surface area contributed by atoms with Crippen LogP contribution in [0.1, 0.15) is 19.3 Å². The van der Waals surface area contributed by atoms with Crippen LogP contribution in [0.25, 0.3) is 0 Å². The molecule has 0 aliphatic heterocycles. The van der Waals surface area contributed by atoms with E-state index < -0.39 is 5.54 Å². The van der Waals surface area contributed by atoms with Gasteiger partial charge >= 0.3 is 0 Å². The van der Waals surface area contributed by atoms with Gasteiger partial charge in [-0.25, -0.2) is 0 Å². The van der Waals surface area contributed by atoms with E-state index in [1.54, 1.807) is 12.1 Å². The number of nitrogens with one attached hydrogen (secondary N) is 1. The molecule has 1 aromatic rings. The highest BCUT2D eigenvalue weighted by Gasteiger charge is 2.42. The van der Waals surface area contributed by atoms with Crippen LogP contribution in [0.2, 0.25) is 5.02 Å². The van der Waals surface area contributed by atoms with Gasteiger partial charge in [0.25, 0.3) is 0 Å². The van der Waals surface area contributed by atoms with Gasteiger partial charge in [0.1, 0.15) is 5.54 Å². The summed E-state index contributed by atoms with van der Waals surface area (Å²) in [7, 11) is 0. The van der Waals surface area contributed by atoms with Crippen LogP contribution in [-0.2, 0) is 4.79 Å². The van der Waals surface area contributed by atoms with Crippen molar-refractivity contribution in [2.24, 2.45) is 5.73 Å². The minimum Gasteiger partial charge on any atom is -0.371 e. The maximum Gasteiger partial charge on any atom is 0.243 e. The number of carbonyl (C=O) groups is 1. The Morgan fingerprint density at radius 1 is 1.47 bits per heavy atom. The molecule has 0 spiro atoms. The molecule has 15 heavy (non-hydrogen) atoms. The summed E-state index contributed by atoms with van der Waals surface area (Å²) >= 11 is 5.86. The van der Waals surface area contributed by atoms with E-state index in [0.717, 1.165) is 24.9 Å². The van der Waals surface area contributed by atoms with Gasteiger partial charge in [-0.1, -0.05) is 17.7 Å². The molecule has 3 nitrogen and oxygen atoms in total. The summed E-state index contributed by atoms with van der Waals surface area (Å²) in [6.07, 6.45) is 2.64. The molecule has 0 saturated heterocycles. The number of anilines is 1. The Kier molecular flexibility index (Phi) is 2.57. The molecule has 1 aliphatic rings. The Morgan fingerprint density at radius 3 is 2.67 bits per heavy atom. The third-order valence-corrected chi connectivity index (χ3v) is 3.12. The van der Waals surface area contributed by atoms with Crippen molar-refractivity contribution in [2.45, 2.75) is 24.8 Å². The number of hydrogen-bond acceptors (Lipinski definition) is 2.